The second kappa shape index (κ2) is 7.60. The van der Waals surface area contributed by atoms with Crippen molar-refractivity contribution in [3.05, 3.63) is 65.7 Å². The van der Waals surface area contributed by atoms with Crippen molar-refractivity contribution >= 4 is 5.78 Å². The fourth-order valence-electron chi connectivity index (χ4n) is 4.21. The second-order valence-electron chi connectivity index (χ2n) is 7.37. The number of hydrogen-bond acceptors (Lipinski definition) is 4. The van der Waals surface area contributed by atoms with Gasteiger partial charge in [-0.15, -0.1) is 0 Å². The minimum atomic E-state index is 0.0135. The minimum absolute atomic E-state index is 0.0135. The number of nitrogens with zero attached hydrogens (tertiary/aromatic N) is 2. The number of benzene rings is 2. The van der Waals surface area contributed by atoms with E-state index in [1.165, 1.54) is 11.1 Å². The maximum atomic E-state index is 12.7. The molecule has 5 rings (SSSR count). The average Bonchev–Trinajstić information content (AvgIpc) is 2.92. The normalized spacial score (nSPS) is 23.8. The van der Waals surface area contributed by atoms with E-state index in [0.29, 0.717) is 18.2 Å². The van der Waals surface area contributed by atoms with Gasteiger partial charge in [-0.25, -0.2) is 0 Å². The van der Waals surface area contributed by atoms with Gasteiger partial charge in [0.15, 0.2) is 5.78 Å². The molecule has 2 aromatic carbocycles. The molecule has 3 fully saturated rings. The van der Waals surface area contributed by atoms with E-state index in [9.17, 15) is 4.79 Å². The molecule has 0 unspecified atom stereocenters. The summed E-state index contributed by atoms with van der Waals surface area (Å²) in [7, 11) is 1.68. The molecule has 3 saturated heterocycles. The van der Waals surface area contributed by atoms with Crippen LogP contribution >= 0.6 is 0 Å². The van der Waals surface area contributed by atoms with Crippen LogP contribution in [0, 0.1) is 0 Å². The maximum Gasteiger partial charge on any atom is 0.151 e. The lowest BCUT2D eigenvalue weighted by molar-refractivity contribution is -0.125. The molecule has 2 aromatic rings. The molecule has 136 valence electrons. The Morgan fingerprint density at radius 1 is 0.923 bits per heavy atom. The van der Waals surface area contributed by atoms with Gasteiger partial charge >= 0.3 is 0 Å². The number of piperazine rings is 1. The average molecular weight is 350 g/mol. The van der Waals surface area contributed by atoms with E-state index in [2.05, 4.69) is 52.3 Å². The Kier molecular flexibility index (Phi) is 5.05. The van der Waals surface area contributed by atoms with Crippen molar-refractivity contribution in [1.82, 2.24) is 9.80 Å². The zero-order valence-electron chi connectivity index (χ0n) is 15.3. The van der Waals surface area contributed by atoms with Crippen LogP contribution in [0.2, 0.25) is 0 Å². The number of carbonyl (C=O) groups is 1. The number of fused-ring (bicyclic) bond motifs is 4. The van der Waals surface area contributed by atoms with E-state index in [1.807, 2.05) is 12.1 Å². The molecule has 4 nitrogen and oxygen atoms in total. The highest BCUT2D eigenvalue weighted by molar-refractivity contribution is 5.85. The molecule has 0 aromatic heterocycles. The van der Waals surface area contributed by atoms with Crippen LogP contribution in [0.4, 0.5) is 0 Å². The number of ether oxygens (including phenoxy) is 1. The summed E-state index contributed by atoms with van der Waals surface area (Å²) in [5.74, 6) is 1.27. The zero-order chi connectivity index (χ0) is 17.9. The van der Waals surface area contributed by atoms with Crippen molar-refractivity contribution in [3.63, 3.8) is 0 Å². The fourth-order valence-corrected chi connectivity index (χ4v) is 4.21. The first kappa shape index (κ1) is 17.3. The molecule has 0 amide bonds. The molecule has 0 spiro atoms. The molecule has 2 bridgehead atoms. The first-order valence-corrected chi connectivity index (χ1v) is 9.40. The van der Waals surface area contributed by atoms with Gasteiger partial charge in [0.1, 0.15) is 5.75 Å². The predicted octanol–water partition coefficient (Wildman–Crippen LogP) is 3.11. The molecule has 4 heteroatoms. The monoisotopic (exact) mass is 350 g/mol. The van der Waals surface area contributed by atoms with Crippen LogP contribution in [0.5, 0.6) is 5.75 Å². The highest BCUT2D eigenvalue weighted by Gasteiger charge is 2.40. The Morgan fingerprint density at radius 3 is 2.35 bits per heavy atom. The molecule has 2 atom stereocenters. The molecule has 0 radical (unpaired) electrons. The number of ketones is 1. The van der Waals surface area contributed by atoms with Crippen molar-refractivity contribution in [1.29, 1.82) is 0 Å². The van der Waals surface area contributed by atoms with Gasteiger partial charge in [-0.2, -0.15) is 0 Å². The van der Waals surface area contributed by atoms with Crippen molar-refractivity contribution in [2.75, 3.05) is 20.2 Å². The topological polar surface area (TPSA) is 32.8 Å². The Morgan fingerprint density at radius 2 is 1.62 bits per heavy atom. The lowest BCUT2D eigenvalue weighted by Crippen LogP contribution is -2.57. The van der Waals surface area contributed by atoms with Crippen LogP contribution in [0.25, 0.3) is 0 Å². The Balaban J connectivity index is 1.48. The largest absolute Gasteiger partial charge is 0.497 e. The van der Waals surface area contributed by atoms with E-state index in [-0.39, 0.29) is 6.04 Å². The second-order valence-corrected chi connectivity index (χ2v) is 7.37. The summed E-state index contributed by atoms with van der Waals surface area (Å²) in [6.07, 6.45) is 1.68. The third-order valence-electron chi connectivity index (χ3n) is 5.68. The minimum Gasteiger partial charge on any atom is -0.497 e. The van der Waals surface area contributed by atoms with E-state index in [0.717, 1.165) is 38.3 Å². The Hall–Kier alpha value is -2.17. The number of Topliss-reactive ketones (excluding diaryl/α,β-unsaturated/α-hetero) is 1. The van der Waals surface area contributed by atoms with Crippen LogP contribution in [-0.2, 0) is 17.9 Å². The van der Waals surface area contributed by atoms with Crippen LogP contribution in [0.3, 0.4) is 0 Å². The molecule has 3 aliphatic heterocycles. The van der Waals surface area contributed by atoms with Gasteiger partial charge in [-0.05, 0) is 29.7 Å². The third-order valence-corrected chi connectivity index (χ3v) is 5.68. The molecule has 26 heavy (non-hydrogen) atoms. The summed E-state index contributed by atoms with van der Waals surface area (Å²) >= 11 is 0. The van der Waals surface area contributed by atoms with Crippen LogP contribution in [-0.4, -0.2) is 47.9 Å². The summed E-state index contributed by atoms with van der Waals surface area (Å²) < 4.78 is 5.24. The van der Waals surface area contributed by atoms with Crippen LogP contribution in [0.1, 0.15) is 24.0 Å². The molecule has 3 heterocycles. The van der Waals surface area contributed by atoms with E-state index >= 15 is 0 Å². The number of rotatable bonds is 5. The summed E-state index contributed by atoms with van der Waals surface area (Å²) in [6, 6.07) is 19.2. The van der Waals surface area contributed by atoms with Gasteiger partial charge < -0.3 is 4.74 Å². The molecular weight excluding hydrogens is 324 g/mol. The van der Waals surface area contributed by atoms with Gasteiger partial charge in [-0.1, -0.05) is 42.5 Å². The molecular formula is C22H26N2O2. The van der Waals surface area contributed by atoms with Crippen molar-refractivity contribution in [2.24, 2.45) is 0 Å². The molecule has 3 aliphatic rings. The van der Waals surface area contributed by atoms with Gasteiger partial charge in [0.25, 0.3) is 0 Å². The van der Waals surface area contributed by atoms with Crippen LogP contribution < -0.4 is 4.74 Å². The summed E-state index contributed by atoms with van der Waals surface area (Å²) in [4.78, 5) is 17.6. The maximum absolute atomic E-state index is 12.7. The van der Waals surface area contributed by atoms with Gasteiger partial charge in [0.05, 0.1) is 13.2 Å². The van der Waals surface area contributed by atoms with Gasteiger partial charge in [0.2, 0.25) is 0 Å². The number of methoxy groups -OCH3 is 1. The SMILES string of the molecule is COc1ccc(CN2C[C@@H]3CCC(=O)[C@H]2CN3Cc2ccccc2)cc1. The lowest BCUT2D eigenvalue weighted by Gasteiger charge is -2.43. The Bertz CT molecular complexity index is 744. The van der Waals surface area contributed by atoms with E-state index < -0.39 is 0 Å². The van der Waals surface area contributed by atoms with Crippen molar-refractivity contribution in [2.45, 2.75) is 38.0 Å². The van der Waals surface area contributed by atoms with E-state index in [1.54, 1.807) is 7.11 Å². The smallest absolute Gasteiger partial charge is 0.151 e. The van der Waals surface area contributed by atoms with E-state index in [4.69, 9.17) is 4.74 Å². The highest BCUT2D eigenvalue weighted by Crippen LogP contribution is 2.28. The predicted molar refractivity (Wildman–Crippen MR) is 102 cm³/mol. The van der Waals surface area contributed by atoms with Crippen LogP contribution in [0.15, 0.2) is 54.6 Å². The standard InChI is InChI=1S/C22H26N2O2/c1-26-20-10-7-18(8-11-20)14-24-15-19-9-12-22(25)21(24)16-23(19)13-17-5-3-2-4-6-17/h2-8,10-11,19,21H,9,12-16H2,1H3/t19-,21+/m0/s1. The number of carbonyl (C=O) groups excluding carboxylic acids is 1. The summed E-state index contributed by atoms with van der Waals surface area (Å²) in [5.41, 5.74) is 2.56. The Labute approximate surface area is 155 Å². The number of hydrogen-bond donors (Lipinski definition) is 0. The lowest BCUT2D eigenvalue weighted by atomic mass is 10.0. The van der Waals surface area contributed by atoms with Gasteiger partial charge in [0, 0.05) is 38.6 Å². The first-order valence-electron chi connectivity index (χ1n) is 9.40. The summed E-state index contributed by atoms with van der Waals surface area (Å²) in [5, 5.41) is 0. The first-order chi connectivity index (χ1) is 12.7. The van der Waals surface area contributed by atoms with Gasteiger partial charge in [-0.3, -0.25) is 14.6 Å². The zero-order valence-corrected chi connectivity index (χ0v) is 15.3. The highest BCUT2D eigenvalue weighted by atomic mass is 16.5. The third kappa shape index (κ3) is 3.67. The van der Waals surface area contributed by atoms with Crippen molar-refractivity contribution < 1.29 is 9.53 Å². The molecule has 0 N–H and O–H groups in total. The molecule has 0 aliphatic carbocycles. The quantitative estimate of drug-likeness (QED) is 0.829. The van der Waals surface area contributed by atoms with Crippen molar-refractivity contribution in [3.8, 4) is 5.75 Å². The summed E-state index contributed by atoms with van der Waals surface area (Å²) in [6.45, 7) is 3.57. The fraction of sp³-hybridized carbons (Fsp3) is 0.409. The molecule has 0 saturated carbocycles.